The second kappa shape index (κ2) is 5.67. The van der Waals surface area contributed by atoms with Gasteiger partial charge in [0.15, 0.2) is 6.61 Å². The summed E-state index contributed by atoms with van der Waals surface area (Å²) in [6, 6.07) is 1.59. The van der Waals surface area contributed by atoms with Gasteiger partial charge in [-0.25, -0.2) is 0 Å². The Kier molecular flexibility index (Phi) is 4.51. The van der Waals surface area contributed by atoms with Crippen LogP contribution in [0, 0.1) is 6.92 Å². The average molecular weight is 242 g/mol. The number of hydrogen-bond acceptors (Lipinski definition) is 5. The fourth-order valence-corrected chi connectivity index (χ4v) is 1.02. The lowest BCUT2D eigenvalue weighted by Gasteiger charge is -2.21. The van der Waals surface area contributed by atoms with Crippen LogP contribution >= 0.6 is 0 Å². The summed E-state index contributed by atoms with van der Waals surface area (Å²) in [6.45, 7) is 5.30. The number of aromatic nitrogens is 1. The minimum atomic E-state index is -0.889. The molecular formula is C11H18N2O4. The molecule has 0 saturated heterocycles. The zero-order valence-corrected chi connectivity index (χ0v) is 10.3. The van der Waals surface area contributed by atoms with Crippen LogP contribution in [-0.2, 0) is 4.79 Å². The molecule has 0 aliphatic rings. The van der Waals surface area contributed by atoms with E-state index < -0.39 is 5.60 Å². The Labute approximate surface area is 99.9 Å². The molecule has 0 aliphatic heterocycles. The minimum absolute atomic E-state index is 0.147. The van der Waals surface area contributed by atoms with Gasteiger partial charge in [0.05, 0.1) is 5.60 Å². The van der Waals surface area contributed by atoms with Crippen LogP contribution in [0.25, 0.3) is 0 Å². The van der Waals surface area contributed by atoms with Crippen LogP contribution in [-0.4, -0.2) is 34.9 Å². The molecule has 0 spiro atoms. The highest BCUT2D eigenvalue weighted by molar-refractivity contribution is 5.77. The molecule has 0 saturated carbocycles. The van der Waals surface area contributed by atoms with Gasteiger partial charge < -0.3 is 19.7 Å². The van der Waals surface area contributed by atoms with Crippen LogP contribution < -0.4 is 10.1 Å². The van der Waals surface area contributed by atoms with Crippen molar-refractivity contribution in [1.82, 2.24) is 10.5 Å². The van der Waals surface area contributed by atoms with Crippen LogP contribution in [0.1, 0.15) is 26.0 Å². The standard InChI is InChI=1S/C11H18N2O4/c1-4-11(3,15)7-12-9(14)6-16-10-5-8(2)17-13-10/h5,15H,4,6-7H2,1-3H3,(H,12,14). The van der Waals surface area contributed by atoms with Gasteiger partial charge in [-0.3, -0.25) is 4.79 Å². The monoisotopic (exact) mass is 242 g/mol. The van der Waals surface area contributed by atoms with Crippen molar-refractivity contribution in [3.8, 4) is 5.88 Å². The predicted octanol–water partition coefficient (Wildman–Crippen LogP) is 0.639. The number of hydrogen-bond donors (Lipinski definition) is 2. The van der Waals surface area contributed by atoms with Crippen LogP contribution in [0.3, 0.4) is 0 Å². The predicted molar refractivity (Wildman–Crippen MR) is 60.7 cm³/mol. The molecule has 1 aromatic heterocycles. The number of nitrogens with zero attached hydrogens (tertiary/aromatic N) is 1. The number of nitrogens with one attached hydrogen (secondary N) is 1. The maximum atomic E-state index is 11.4. The molecule has 96 valence electrons. The van der Waals surface area contributed by atoms with Gasteiger partial charge in [0, 0.05) is 12.6 Å². The summed E-state index contributed by atoms with van der Waals surface area (Å²) in [5.41, 5.74) is -0.889. The third kappa shape index (κ3) is 4.86. The summed E-state index contributed by atoms with van der Waals surface area (Å²) in [7, 11) is 0. The van der Waals surface area contributed by atoms with Gasteiger partial charge >= 0.3 is 0 Å². The second-order valence-corrected chi connectivity index (χ2v) is 4.19. The molecule has 0 bridgehead atoms. The van der Waals surface area contributed by atoms with Gasteiger partial charge in [-0.15, -0.1) is 0 Å². The molecule has 0 fully saturated rings. The van der Waals surface area contributed by atoms with Crippen molar-refractivity contribution in [3.63, 3.8) is 0 Å². The fourth-order valence-electron chi connectivity index (χ4n) is 1.02. The Balaban J connectivity index is 2.26. The summed E-state index contributed by atoms with van der Waals surface area (Å²) in [5, 5.41) is 15.8. The van der Waals surface area contributed by atoms with Crippen molar-refractivity contribution in [1.29, 1.82) is 0 Å². The number of aliphatic hydroxyl groups is 1. The molecule has 1 heterocycles. The van der Waals surface area contributed by atoms with Gasteiger partial charge in [-0.05, 0) is 25.4 Å². The number of amides is 1. The first-order chi connectivity index (χ1) is 7.93. The van der Waals surface area contributed by atoms with Crippen LogP contribution in [0.2, 0.25) is 0 Å². The van der Waals surface area contributed by atoms with Gasteiger partial charge in [0.25, 0.3) is 11.8 Å². The highest BCUT2D eigenvalue weighted by atomic mass is 16.5. The van der Waals surface area contributed by atoms with Crippen molar-refractivity contribution < 1.29 is 19.2 Å². The third-order valence-electron chi connectivity index (χ3n) is 2.39. The van der Waals surface area contributed by atoms with E-state index in [0.717, 1.165) is 0 Å². The minimum Gasteiger partial charge on any atom is -0.465 e. The number of carbonyl (C=O) groups excluding carboxylic acids is 1. The van der Waals surface area contributed by atoms with E-state index in [9.17, 15) is 9.90 Å². The normalized spacial score (nSPS) is 14.1. The first-order valence-electron chi connectivity index (χ1n) is 5.48. The van der Waals surface area contributed by atoms with E-state index in [2.05, 4.69) is 10.5 Å². The summed E-state index contributed by atoms with van der Waals surface area (Å²) in [6.07, 6.45) is 0.566. The average Bonchev–Trinajstić information content (AvgIpc) is 2.70. The SMILES string of the molecule is CCC(C)(O)CNC(=O)COc1cc(C)on1. The number of ether oxygens (including phenoxy) is 1. The quantitative estimate of drug-likeness (QED) is 0.764. The summed E-state index contributed by atoms with van der Waals surface area (Å²) in [4.78, 5) is 11.4. The molecule has 1 unspecified atom stereocenters. The van der Waals surface area contributed by atoms with Crippen molar-refractivity contribution in [2.45, 2.75) is 32.8 Å². The van der Waals surface area contributed by atoms with Crippen molar-refractivity contribution in [2.75, 3.05) is 13.2 Å². The fraction of sp³-hybridized carbons (Fsp3) is 0.636. The number of rotatable bonds is 6. The lowest BCUT2D eigenvalue weighted by atomic mass is 10.0. The Morgan fingerprint density at radius 2 is 2.41 bits per heavy atom. The van der Waals surface area contributed by atoms with E-state index in [0.29, 0.717) is 12.2 Å². The van der Waals surface area contributed by atoms with Crippen LogP contribution in [0.4, 0.5) is 0 Å². The zero-order chi connectivity index (χ0) is 12.9. The van der Waals surface area contributed by atoms with E-state index in [-0.39, 0.29) is 24.9 Å². The molecule has 2 N–H and O–H groups in total. The van der Waals surface area contributed by atoms with Crippen LogP contribution in [0.5, 0.6) is 5.88 Å². The molecular weight excluding hydrogens is 224 g/mol. The first kappa shape index (κ1) is 13.5. The lowest BCUT2D eigenvalue weighted by Crippen LogP contribution is -2.41. The second-order valence-electron chi connectivity index (χ2n) is 4.19. The molecule has 1 rings (SSSR count). The van der Waals surface area contributed by atoms with E-state index in [4.69, 9.17) is 9.26 Å². The third-order valence-corrected chi connectivity index (χ3v) is 2.39. The Hall–Kier alpha value is -1.56. The largest absolute Gasteiger partial charge is 0.465 e. The first-order valence-corrected chi connectivity index (χ1v) is 5.48. The highest BCUT2D eigenvalue weighted by Crippen LogP contribution is 2.09. The van der Waals surface area contributed by atoms with Crippen molar-refractivity contribution in [2.24, 2.45) is 0 Å². The van der Waals surface area contributed by atoms with Crippen molar-refractivity contribution >= 4 is 5.91 Å². The molecule has 1 aromatic rings. The molecule has 6 heteroatoms. The van der Waals surface area contributed by atoms with Crippen LogP contribution in [0.15, 0.2) is 10.6 Å². The smallest absolute Gasteiger partial charge is 0.258 e. The van der Waals surface area contributed by atoms with Gasteiger partial charge in [0.1, 0.15) is 5.76 Å². The maximum Gasteiger partial charge on any atom is 0.258 e. The maximum absolute atomic E-state index is 11.4. The molecule has 6 nitrogen and oxygen atoms in total. The summed E-state index contributed by atoms with van der Waals surface area (Å²) in [5.74, 6) is 0.591. The topological polar surface area (TPSA) is 84.6 Å². The van der Waals surface area contributed by atoms with E-state index >= 15 is 0 Å². The molecule has 0 aliphatic carbocycles. The lowest BCUT2D eigenvalue weighted by molar-refractivity contribution is -0.124. The molecule has 1 atom stereocenters. The van der Waals surface area contributed by atoms with Gasteiger partial charge in [0.2, 0.25) is 0 Å². The summed E-state index contributed by atoms with van der Waals surface area (Å²) >= 11 is 0. The Morgan fingerprint density at radius 3 is 2.94 bits per heavy atom. The highest BCUT2D eigenvalue weighted by Gasteiger charge is 2.18. The molecule has 1 amide bonds. The Bertz CT molecular complexity index is 373. The zero-order valence-electron chi connectivity index (χ0n) is 10.3. The number of carbonyl (C=O) groups is 1. The van der Waals surface area contributed by atoms with Gasteiger partial charge in [-0.2, -0.15) is 0 Å². The molecule has 0 aromatic carbocycles. The molecule has 0 radical (unpaired) electrons. The van der Waals surface area contributed by atoms with E-state index in [1.807, 2.05) is 6.92 Å². The van der Waals surface area contributed by atoms with E-state index in [1.54, 1.807) is 19.9 Å². The van der Waals surface area contributed by atoms with Gasteiger partial charge in [-0.1, -0.05) is 6.92 Å². The summed E-state index contributed by atoms with van der Waals surface area (Å²) < 4.78 is 9.87. The molecule has 17 heavy (non-hydrogen) atoms. The Morgan fingerprint density at radius 1 is 1.71 bits per heavy atom. The number of aryl methyl sites for hydroxylation is 1. The van der Waals surface area contributed by atoms with Crippen molar-refractivity contribution in [3.05, 3.63) is 11.8 Å². The van der Waals surface area contributed by atoms with E-state index in [1.165, 1.54) is 0 Å².